The van der Waals surface area contributed by atoms with Gasteiger partial charge in [-0.15, -0.1) is 12.4 Å². The van der Waals surface area contributed by atoms with Crippen LogP contribution >= 0.6 is 12.4 Å². The van der Waals surface area contributed by atoms with Gasteiger partial charge in [0.2, 0.25) is 0 Å². The Morgan fingerprint density at radius 1 is 1.33 bits per heavy atom. The van der Waals surface area contributed by atoms with Crippen LogP contribution in [0.25, 0.3) is 0 Å². The molecule has 1 amide bonds. The first-order valence-corrected chi connectivity index (χ1v) is 8.09. The number of carbonyl (C=O) groups excluding carboxylic acids is 1. The molecule has 0 aromatic heterocycles. The predicted octanol–water partition coefficient (Wildman–Crippen LogP) is 1.78. The van der Waals surface area contributed by atoms with E-state index in [4.69, 9.17) is 14.2 Å². The Morgan fingerprint density at radius 2 is 2.17 bits per heavy atom. The predicted molar refractivity (Wildman–Crippen MR) is 93.1 cm³/mol. The van der Waals surface area contributed by atoms with E-state index in [0.29, 0.717) is 13.2 Å². The number of amides is 1. The molecule has 2 heterocycles. The lowest BCUT2D eigenvalue weighted by molar-refractivity contribution is -0.146. The highest BCUT2D eigenvalue weighted by atomic mass is 35.5. The first-order valence-electron chi connectivity index (χ1n) is 8.09. The number of morpholine rings is 1. The summed E-state index contributed by atoms with van der Waals surface area (Å²) in [5.74, 6) is 1.58. The van der Waals surface area contributed by atoms with Crippen molar-refractivity contribution < 1.29 is 19.0 Å². The Kier molecular flexibility index (Phi) is 6.71. The van der Waals surface area contributed by atoms with Crippen LogP contribution in [0, 0.1) is 0 Å². The van der Waals surface area contributed by atoms with Crippen LogP contribution in [0.5, 0.6) is 11.5 Å². The first kappa shape index (κ1) is 18.8. The van der Waals surface area contributed by atoms with Crippen molar-refractivity contribution in [3.05, 3.63) is 23.8 Å². The average molecular weight is 357 g/mol. The fourth-order valence-electron chi connectivity index (χ4n) is 3.36. The molecule has 6 nitrogen and oxygen atoms in total. The molecule has 2 atom stereocenters. The smallest absolute Gasteiger partial charge is 0.253 e. The fourth-order valence-corrected chi connectivity index (χ4v) is 3.36. The molecular weight excluding hydrogens is 332 g/mol. The van der Waals surface area contributed by atoms with Crippen LogP contribution in [-0.2, 0) is 9.53 Å². The average Bonchev–Trinajstić information content (AvgIpc) is 3.10. The summed E-state index contributed by atoms with van der Waals surface area (Å²) in [6.07, 6.45) is 1.55. The molecule has 2 unspecified atom stereocenters. The van der Waals surface area contributed by atoms with Crippen LogP contribution in [0.15, 0.2) is 18.2 Å². The number of nitrogens with one attached hydrogen (secondary N) is 1. The van der Waals surface area contributed by atoms with Gasteiger partial charge in [-0.25, -0.2) is 0 Å². The molecule has 2 saturated heterocycles. The Morgan fingerprint density at radius 3 is 2.83 bits per heavy atom. The number of nitrogens with zero attached hydrogens (tertiary/aromatic N) is 1. The van der Waals surface area contributed by atoms with Crippen LogP contribution < -0.4 is 14.8 Å². The van der Waals surface area contributed by atoms with E-state index in [9.17, 15) is 4.79 Å². The Hall–Kier alpha value is -1.50. The maximum atomic E-state index is 12.8. The van der Waals surface area contributed by atoms with Crippen molar-refractivity contribution >= 4 is 18.3 Å². The van der Waals surface area contributed by atoms with E-state index in [1.165, 1.54) is 0 Å². The number of likely N-dealkylation sites (tertiary alicyclic amines) is 1. The molecule has 2 fully saturated rings. The van der Waals surface area contributed by atoms with Crippen LogP contribution in [0.4, 0.5) is 0 Å². The van der Waals surface area contributed by atoms with E-state index in [1.54, 1.807) is 14.2 Å². The minimum atomic E-state index is -0.381. The summed E-state index contributed by atoms with van der Waals surface area (Å²) in [4.78, 5) is 14.7. The molecule has 0 spiro atoms. The Bertz CT molecular complexity index is 564. The summed E-state index contributed by atoms with van der Waals surface area (Å²) in [6.45, 7) is 2.74. The number of benzene rings is 1. The van der Waals surface area contributed by atoms with Crippen molar-refractivity contribution in [3.8, 4) is 11.5 Å². The van der Waals surface area contributed by atoms with Crippen LogP contribution in [0.2, 0.25) is 0 Å². The summed E-state index contributed by atoms with van der Waals surface area (Å²) in [7, 11) is 3.28. The quantitative estimate of drug-likeness (QED) is 0.891. The number of rotatable bonds is 4. The van der Waals surface area contributed by atoms with E-state index in [1.807, 2.05) is 23.1 Å². The van der Waals surface area contributed by atoms with Gasteiger partial charge in [0, 0.05) is 31.3 Å². The molecule has 1 N–H and O–H groups in total. The van der Waals surface area contributed by atoms with Gasteiger partial charge in [-0.05, 0) is 25.0 Å². The van der Waals surface area contributed by atoms with Crippen LogP contribution in [0.3, 0.4) is 0 Å². The molecule has 2 aliphatic rings. The summed E-state index contributed by atoms with van der Waals surface area (Å²) in [5, 5.41) is 3.22. The molecule has 0 aliphatic carbocycles. The molecule has 2 aliphatic heterocycles. The maximum absolute atomic E-state index is 12.8. The van der Waals surface area contributed by atoms with Gasteiger partial charge < -0.3 is 24.4 Å². The minimum absolute atomic E-state index is 0. The van der Waals surface area contributed by atoms with Crippen molar-refractivity contribution in [1.29, 1.82) is 0 Å². The lowest BCUT2D eigenvalue weighted by Crippen LogP contribution is -2.49. The van der Waals surface area contributed by atoms with Crippen molar-refractivity contribution in [1.82, 2.24) is 10.2 Å². The van der Waals surface area contributed by atoms with Gasteiger partial charge in [0.05, 0.1) is 26.9 Å². The van der Waals surface area contributed by atoms with Crippen molar-refractivity contribution in [3.63, 3.8) is 0 Å². The van der Waals surface area contributed by atoms with Crippen LogP contribution in [-0.4, -0.2) is 57.4 Å². The molecule has 3 rings (SSSR count). The Labute approximate surface area is 148 Å². The summed E-state index contributed by atoms with van der Waals surface area (Å²) < 4.78 is 16.4. The number of halogens is 1. The molecule has 1 aromatic rings. The van der Waals surface area contributed by atoms with Crippen molar-refractivity contribution in [2.45, 2.75) is 25.0 Å². The molecular formula is C17H25ClN2O4. The van der Waals surface area contributed by atoms with Gasteiger partial charge in [-0.1, -0.05) is 0 Å². The van der Waals surface area contributed by atoms with Gasteiger partial charge in [-0.2, -0.15) is 0 Å². The SMILES string of the molecule is COc1ccc(C2CCCN2C(=O)C2CNCCO2)c(OC)c1.Cl. The standard InChI is InChI=1S/C17H24N2O4.ClH/c1-21-12-5-6-13(15(10-12)22-2)14-4-3-8-19(14)17(20)16-11-18-7-9-23-16;/h5-6,10,14,16,18H,3-4,7-9,11H2,1-2H3;1H. The normalized spacial score (nSPS) is 23.5. The number of ether oxygens (including phenoxy) is 3. The monoisotopic (exact) mass is 356 g/mol. The second-order valence-electron chi connectivity index (χ2n) is 5.86. The summed E-state index contributed by atoms with van der Waals surface area (Å²) in [6, 6.07) is 5.81. The van der Waals surface area contributed by atoms with Crippen molar-refractivity contribution in [2.75, 3.05) is 40.5 Å². The molecule has 0 radical (unpaired) electrons. The molecule has 1 aromatic carbocycles. The second kappa shape index (κ2) is 8.55. The highest BCUT2D eigenvalue weighted by Gasteiger charge is 2.36. The topological polar surface area (TPSA) is 60.0 Å². The third-order valence-corrected chi connectivity index (χ3v) is 4.54. The van der Waals surface area contributed by atoms with Gasteiger partial charge in [-0.3, -0.25) is 4.79 Å². The molecule has 24 heavy (non-hydrogen) atoms. The highest BCUT2D eigenvalue weighted by molar-refractivity contribution is 5.85. The van der Waals surface area contributed by atoms with E-state index >= 15 is 0 Å². The molecule has 0 bridgehead atoms. The van der Waals surface area contributed by atoms with Gasteiger partial charge in [0.15, 0.2) is 0 Å². The van der Waals surface area contributed by atoms with Crippen molar-refractivity contribution in [2.24, 2.45) is 0 Å². The zero-order valence-corrected chi connectivity index (χ0v) is 14.9. The van der Waals surface area contributed by atoms with Gasteiger partial charge in [0.1, 0.15) is 17.6 Å². The third kappa shape index (κ3) is 3.77. The number of hydrogen-bond donors (Lipinski definition) is 1. The second-order valence-corrected chi connectivity index (χ2v) is 5.86. The molecule has 134 valence electrons. The fraction of sp³-hybridized carbons (Fsp3) is 0.588. The molecule has 0 saturated carbocycles. The van der Waals surface area contributed by atoms with Gasteiger partial charge in [0.25, 0.3) is 5.91 Å². The van der Waals surface area contributed by atoms with Gasteiger partial charge >= 0.3 is 0 Å². The summed E-state index contributed by atoms with van der Waals surface area (Å²) in [5.41, 5.74) is 1.03. The third-order valence-electron chi connectivity index (χ3n) is 4.54. The Balaban J connectivity index is 0.00000208. The summed E-state index contributed by atoms with van der Waals surface area (Å²) >= 11 is 0. The maximum Gasteiger partial charge on any atom is 0.253 e. The first-order chi connectivity index (χ1) is 11.2. The van der Waals surface area contributed by atoms with E-state index in [2.05, 4.69) is 5.32 Å². The number of methoxy groups -OCH3 is 2. The lowest BCUT2D eigenvalue weighted by Gasteiger charge is -2.31. The number of carbonyl (C=O) groups is 1. The minimum Gasteiger partial charge on any atom is -0.497 e. The highest BCUT2D eigenvalue weighted by Crippen LogP contribution is 2.39. The zero-order chi connectivity index (χ0) is 16.2. The van der Waals surface area contributed by atoms with E-state index in [0.717, 1.165) is 43.0 Å². The molecule has 7 heteroatoms. The zero-order valence-electron chi connectivity index (χ0n) is 14.1. The lowest BCUT2D eigenvalue weighted by atomic mass is 10.0. The largest absolute Gasteiger partial charge is 0.497 e. The number of hydrogen-bond acceptors (Lipinski definition) is 5. The van der Waals surface area contributed by atoms with Crippen LogP contribution in [0.1, 0.15) is 24.4 Å². The van der Waals surface area contributed by atoms with E-state index < -0.39 is 0 Å². The van der Waals surface area contributed by atoms with E-state index in [-0.39, 0.29) is 30.5 Å².